The normalized spacial score (nSPS) is 22.4. The van der Waals surface area contributed by atoms with Crippen molar-refractivity contribution in [2.24, 2.45) is 11.8 Å². The molecule has 2 N–H and O–H groups in total. The van der Waals surface area contributed by atoms with Crippen molar-refractivity contribution in [2.45, 2.75) is 37.6 Å². The van der Waals surface area contributed by atoms with E-state index in [1.807, 2.05) is 24.4 Å². The third-order valence-corrected chi connectivity index (χ3v) is 7.77. The van der Waals surface area contributed by atoms with Gasteiger partial charge in [-0.05, 0) is 44.1 Å². The molecule has 0 radical (unpaired) electrons. The first-order chi connectivity index (χ1) is 16.5. The summed E-state index contributed by atoms with van der Waals surface area (Å²) < 4.78 is 7.78. The van der Waals surface area contributed by atoms with Crippen LogP contribution in [0.1, 0.15) is 42.5 Å². The van der Waals surface area contributed by atoms with Crippen LogP contribution in [0.5, 0.6) is 5.75 Å². The lowest BCUT2D eigenvalue weighted by Crippen LogP contribution is -2.59. The lowest BCUT2D eigenvalue weighted by Gasteiger charge is -2.61. The molecule has 4 aliphatic carbocycles. The minimum absolute atomic E-state index is 0.0349. The summed E-state index contributed by atoms with van der Waals surface area (Å²) in [5.74, 6) is 1.98. The molecule has 0 saturated heterocycles. The smallest absolute Gasteiger partial charge is 0.228 e. The number of benzene rings is 1. The van der Waals surface area contributed by atoms with E-state index < -0.39 is 0 Å². The first kappa shape index (κ1) is 21.6. The van der Waals surface area contributed by atoms with E-state index >= 15 is 0 Å². The molecule has 0 aliphatic heterocycles. The fourth-order valence-electron chi connectivity index (χ4n) is 5.02. The third-order valence-electron chi connectivity index (χ3n) is 7.19. The lowest BCUT2D eigenvalue weighted by molar-refractivity contribution is -0.117. The van der Waals surface area contributed by atoms with Crippen LogP contribution in [-0.4, -0.2) is 31.6 Å². The highest BCUT2D eigenvalue weighted by atomic mass is 127. The molecule has 4 fully saturated rings. The Morgan fingerprint density at radius 2 is 1.97 bits per heavy atom. The van der Waals surface area contributed by atoms with Crippen molar-refractivity contribution in [1.29, 1.82) is 0 Å². The fourth-order valence-corrected chi connectivity index (χ4v) is 5.45. The van der Waals surface area contributed by atoms with Gasteiger partial charge in [0.1, 0.15) is 11.6 Å². The van der Waals surface area contributed by atoms with Crippen LogP contribution in [0.4, 0.5) is 17.2 Å². The van der Waals surface area contributed by atoms with Crippen molar-refractivity contribution >= 4 is 49.5 Å². The van der Waals surface area contributed by atoms with E-state index in [2.05, 4.69) is 31.6 Å². The number of hydrogen-bond donors (Lipinski definition) is 2. The van der Waals surface area contributed by atoms with Crippen LogP contribution >= 0.6 is 22.6 Å². The summed E-state index contributed by atoms with van der Waals surface area (Å²) in [4.78, 5) is 28.7. The molecule has 1 amide bonds. The van der Waals surface area contributed by atoms with Gasteiger partial charge in [0, 0.05) is 58.1 Å². The number of ether oxygens (including phenoxy) is 1. The Labute approximate surface area is 210 Å². The molecule has 0 spiro atoms. The highest BCUT2D eigenvalue weighted by molar-refractivity contribution is 14.1. The van der Waals surface area contributed by atoms with Crippen LogP contribution in [0.15, 0.2) is 42.9 Å². The van der Waals surface area contributed by atoms with E-state index in [1.54, 1.807) is 35.8 Å². The highest BCUT2D eigenvalue weighted by Crippen LogP contribution is 2.62. The van der Waals surface area contributed by atoms with Crippen LogP contribution in [0, 0.1) is 11.8 Å². The predicted octanol–water partition coefficient (Wildman–Crippen LogP) is 5.13. The molecule has 2 aromatic heterocycles. The Balaban J connectivity index is 1.32. The lowest BCUT2D eigenvalue weighted by atomic mass is 9.50. The summed E-state index contributed by atoms with van der Waals surface area (Å²) in [6.45, 7) is 0. The molecule has 174 valence electrons. The molecule has 34 heavy (non-hydrogen) atoms. The van der Waals surface area contributed by atoms with Crippen molar-refractivity contribution in [3.63, 3.8) is 0 Å². The molecular weight excluding hydrogens is 545 g/mol. The molecule has 2 bridgehead atoms. The number of rotatable bonds is 8. The van der Waals surface area contributed by atoms with Gasteiger partial charge in [0.25, 0.3) is 0 Å². The minimum atomic E-state index is -0.150. The summed E-state index contributed by atoms with van der Waals surface area (Å²) in [5, 5.41) is 10.8. The molecule has 4 saturated carbocycles. The number of carbonyl (C=O) groups excluding carboxylic acids is 2. The monoisotopic (exact) mass is 569 g/mol. The Bertz CT molecular complexity index is 1300. The summed E-state index contributed by atoms with van der Waals surface area (Å²) in [6, 6.07) is 7.55. The zero-order valence-corrected chi connectivity index (χ0v) is 20.8. The van der Waals surface area contributed by atoms with Crippen molar-refractivity contribution in [3.05, 3.63) is 48.4 Å². The van der Waals surface area contributed by atoms with Gasteiger partial charge in [0.05, 0.1) is 35.8 Å². The SMILES string of the molecule is COc1c(Nc2cc(NC(=O)C3CC3)ncc2C(=O)I)cccc1-c1cnn(C23CC(C2)C3)c1. The van der Waals surface area contributed by atoms with Crippen molar-refractivity contribution in [2.75, 3.05) is 17.7 Å². The van der Waals surface area contributed by atoms with E-state index in [0.29, 0.717) is 28.5 Å². The van der Waals surface area contributed by atoms with Gasteiger partial charge in [-0.25, -0.2) is 4.98 Å². The number of anilines is 3. The highest BCUT2D eigenvalue weighted by Gasteiger charge is 2.58. The largest absolute Gasteiger partial charge is 0.494 e. The molecule has 0 atom stereocenters. The van der Waals surface area contributed by atoms with Gasteiger partial charge in [-0.2, -0.15) is 5.10 Å². The second kappa shape index (κ2) is 8.07. The molecule has 8 nitrogen and oxygen atoms in total. The predicted molar refractivity (Wildman–Crippen MR) is 137 cm³/mol. The maximum atomic E-state index is 12.3. The number of halogens is 1. The van der Waals surface area contributed by atoms with Crippen LogP contribution in [0.3, 0.4) is 0 Å². The quantitative estimate of drug-likeness (QED) is 0.289. The number of para-hydroxylation sites is 1. The number of amides is 1. The van der Waals surface area contributed by atoms with Crippen LogP contribution in [0.2, 0.25) is 0 Å². The molecule has 4 aliphatic rings. The summed E-state index contributed by atoms with van der Waals surface area (Å²) >= 11 is 1.74. The average molecular weight is 569 g/mol. The van der Waals surface area contributed by atoms with Gasteiger partial charge in [0.2, 0.25) is 9.70 Å². The van der Waals surface area contributed by atoms with Crippen molar-refractivity contribution in [3.8, 4) is 16.9 Å². The molecule has 3 aromatic rings. The van der Waals surface area contributed by atoms with E-state index in [-0.39, 0.29) is 21.2 Å². The number of hydrogen-bond acceptors (Lipinski definition) is 6. The minimum Gasteiger partial charge on any atom is -0.494 e. The molecule has 7 rings (SSSR count). The van der Waals surface area contributed by atoms with E-state index in [4.69, 9.17) is 4.74 Å². The third kappa shape index (κ3) is 3.66. The van der Waals surface area contributed by atoms with E-state index in [9.17, 15) is 9.59 Å². The van der Waals surface area contributed by atoms with Gasteiger partial charge >= 0.3 is 0 Å². The second-order valence-electron chi connectivity index (χ2n) is 9.54. The fraction of sp³-hybridized carbons (Fsp3) is 0.360. The zero-order chi connectivity index (χ0) is 23.4. The van der Waals surface area contributed by atoms with Gasteiger partial charge in [-0.3, -0.25) is 14.3 Å². The maximum Gasteiger partial charge on any atom is 0.228 e. The van der Waals surface area contributed by atoms with Crippen molar-refractivity contribution < 1.29 is 14.3 Å². The number of pyridine rings is 1. The van der Waals surface area contributed by atoms with Crippen LogP contribution in [0.25, 0.3) is 11.1 Å². The van der Waals surface area contributed by atoms with Gasteiger partial charge < -0.3 is 15.4 Å². The topological polar surface area (TPSA) is 98.1 Å². The Kier molecular flexibility index (Phi) is 5.12. The Hall–Kier alpha value is -2.95. The zero-order valence-electron chi connectivity index (χ0n) is 18.7. The van der Waals surface area contributed by atoms with Gasteiger partial charge in [-0.1, -0.05) is 12.1 Å². The molecule has 2 heterocycles. The molecule has 0 unspecified atom stereocenters. The number of nitrogens with zero attached hydrogens (tertiary/aromatic N) is 3. The molecular formula is C25H24IN5O3. The van der Waals surface area contributed by atoms with Crippen LogP contribution in [-0.2, 0) is 10.3 Å². The standard InChI is InChI=1S/C25H24IN5O3/c1-34-22-17(16-11-28-31(13-16)25-8-14(9-25)10-25)3-2-4-19(22)29-20-7-21(27-12-18(20)23(26)32)30-24(33)15-5-6-15/h2-4,7,11-15H,5-6,8-10H2,1H3,(H2,27,29,30,33). The average Bonchev–Trinajstić information content (AvgIpc) is 3.50. The first-order valence-electron chi connectivity index (χ1n) is 11.5. The number of nitrogens with one attached hydrogen (secondary N) is 2. The number of carbonyl (C=O) groups is 2. The first-order valence-corrected chi connectivity index (χ1v) is 12.5. The Morgan fingerprint density at radius 3 is 2.62 bits per heavy atom. The summed E-state index contributed by atoms with van der Waals surface area (Å²) in [6.07, 6.45) is 11.0. The van der Waals surface area contributed by atoms with Crippen LogP contribution < -0.4 is 15.4 Å². The summed E-state index contributed by atoms with van der Waals surface area (Å²) in [5.41, 5.74) is 3.82. The molecule has 1 aromatic carbocycles. The van der Waals surface area contributed by atoms with Gasteiger partial charge in [-0.15, -0.1) is 0 Å². The Morgan fingerprint density at radius 1 is 1.18 bits per heavy atom. The van der Waals surface area contributed by atoms with Gasteiger partial charge in [0.15, 0.2) is 0 Å². The maximum absolute atomic E-state index is 12.3. The molecule has 9 heteroatoms. The van der Waals surface area contributed by atoms with E-state index in [0.717, 1.165) is 29.9 Å². The number of aromatic nitrogens is 3. The summed E-state index contributed by atoms with van der Waals surface area (Å²) in [7, 11) is 1.63. The second-order valence-corrected chi connectivity index (χ2v) is 10.5. The van der Waals surface area contributed by atoms with Crippen molar-refractivity contribution in [1.82, 2.24) is 14.8 Å². The number of methoxy groups -OCH3 is 1. The van der Waals surface area contributed by atoms with E-state index in [1.165, 1.54) is 25.5 Å².